The highest BCUT2D eigenvalue weighted by Crippen LogP contribution is 2.23. The van der Waals surface area contributed by atoms with Crippen LogP contribution in [0.2, 0.25) is 0 Å². The topological polar surface area (TPSA) is 67.3 Å². The van der Waals surface area contributed by atoms with Crippen molar-refractivity contribution < 1.29 is 14.2 Å². The summed E-state index contributed by atoms with van der Waals surface area (Å²) in [5.74, 6) is 1.69. The van der Waals surface area contributed by atoms with E-state index in [2.05, 4.69) is 32.7 Å². The molecule has 1 aromatic rings. The maximum absolute atomic E-state index is 5.52. The third-order valence-electron chi connectivity index (χ3n) is 4.64. The largest absolute Gasteiger partial charge is 0.497 e. The van der Waals surface area contributed by atoms with Gasteiger partial charge in [0.05, 0.1) is 26.4 Å². The SMILES string of the molecule is CCOCCCNC(=NC)NCC(c1ccc(OC)cc1)N1CCOCC1. The monoisotopic (exact) mass is 378 g/mol. The minimum atomic E-state index is 0.252. The van der Waals surface area contributed by atoms with E-state index in [1.807, 2.05) is 19.1 Å². The van der Waals surface area contributed by atoms with Gasteiger partial charge in [0.25, 0.3) is 0 Å². The highest BCUT2D eigenvalue weighted by Gasteiger charge is 2.23. The molecule has 0 spiro atoms. The maximum atomic E-state index is 5.52. The van der Waals surface area contributed by atoms with E-state index < -0.39 is 0 Å². The Bertz CT molecular complexity index is 545. The summed E-state index contributed by atoms with van der Waals surface area (Å²) in [5, 5.41) is 6.82. The van der Waals surface area contributed by atoms with Gasteiger partial charge in [0.1, 0.15) is 5.75 Å². The van der Waals surface area contributed by atoms with E-state index in [0.717, 1.165) is 70.7 Å². The number of hydrogen-bond acceptors (Lipinski definition) is 5. The van der Waals surface area contributed by atoms with Crippen LogP contribution < -0.4 is 15.4 Å². The Balaban J connectivity index is 1.94. The minimum Gasteiger partial charge on any atom is -0.497 e. The number of rotatable bonds is 10. The molecule has 1 aliphatic heterocycles. The Kier molecular flexibility index (Phi) is 9.97. The summed E-state index contributed by atoms with van der Waals surface area (Å²) < 4.78 is 16.2. The molecule has 7 nitrogen and oxygen atoms in total. The third-order valence-corrected chi connectivity index (χ3v) is 4.64. The number of aliphatic imine (C=N–C) groups is 1. The van der Waals surface area contributed by atoms with Crippen molar-refractivity contribution in [3.63, 3.8) is 0 Å². The molecular weight excluding hydrogens is 344 g/mol. The molecule has 0 aliphatic carbocycles. The predicted octanol–water partition coefficient (Wildman–Crippen LogP) is 1.66. The molecule has 1 atom stereocenters. The van der Waals surface area contributed by atoms with Crippen molar-refractivity contribution in [3.05, 3.63) is 29.8 Å². The van der Waals surface area contributed by atoms with Gasteiger partial charge in [-0.2, -0.15) is 0 Å². The molecule has 1 heterocycles. The van der Waals surface area contributed by atoms with Crippen molar-refractivity contribution in [1.82, 2.24) is 15.5 Å². The van der Waals surface area contributed by atoms with Crippen LogP contribution in [-0.4, -0.2) is 77.6 Å². The molecule has 27 heavy (non-hydrogen) atoms. The summed E-state index contributed by atoms with van der Waals surface area (Å²) in [7, 11) is 3.49. The van der Waals surface area contributed by atoms with Gasteiger partial charge < -0.3 is 24.8 Å². The Morgan fingerprint density at radius 3 is 2.59 bits per heavy atom. The van der Waals surface area contributed by atoms with Crippen LogP contribution in [0.15, 0.2) is 29.3 Å². The number of morpholine rings is 1. The Hall–Kier alpha value is -1.83. The molecule has 0 aromatic heterocycles. The van der Waals surface area contributed by atoms with Gasteiger partial charge in [-0.1, -0.05) is 12.1 Å². The molecule has 2 rings (SSSR count). The molecule has 1 fully saturated rings. The molecule has 152 valence electrons. The first-order valence-electron chi connectivity index (χ1n) is 9.76. The maximum Gasteiger partial charge on any atom is 0.191 e. The van der Waals surface area contributed by atoms with Gasteiger partial charge in [-0.05, 0) is 31.0 Å². The highest BCUT2D eigenvalue weighted by molar-refractivity contribution is 5.79. The lowest BCUT2D eigenvalue weighted by molar-refractivity contribution is 0.0170. The number of hydrogen-bond donors (Lipinski definition) is 2. The summed E-state index contributed by atoms with van der Waals surface area (Å²) >= 11 is 0. The fraction of sp³-hybridized carbons (Fsp3) is 0.650. The van der Waals surface area contributed by atoms with Crippen molar-refractivity contribution in [1.29, 1.82) is 0 Å². The summed E-state index contributed by atoms with van der Waals surface area (Å²) in [6.45, 7) is 8.56. The minimum absolute atomic E-state index is 0.252. The molecule has 1 unspecified atom stereocenters. The Morgan fingerprint density at radius 1 is 1.22 bits per heavy atom. The Labute approximate surface area is 163 Å². The zero-order valence-corrected chi connectivity index (χ0v) is 16.9. The fourth-order valence-electron chi connectivity index (χ4n) is 3.11. The molecule has 1 saturated heterocycles. The number of guanidine groups is 1. The van der Waals surface area contributed by atoms with E-state index in [0.29, 0.717) is 0 Å². The van der Waals surface area contributed by atoms with E-state index in [1.165, 1.54) is 5.56 Å². The van der Waals surface area contributed by atoms with Crippen molar-refractivity contribution in [2.24, 2.45) is 4.99 Å². The molecule has 0 bridgehead atoms. The molecule has 1 aliphatic rings. The van der Waals surface area contributed by atoms with Gasteiger partial charge >= 0.3 is 0 Å². The van der Waals surface area contributed by atoms with Crippen LogP contribution >= 0.6 is 0 Å². The van der Waals surface area contributed by atoms with E-state index in [-0.39, 0.29) is 6.04 Å². The normalized spacial score (nSPS) is 16.8. The zero-order valence-electron chi connectivity index (χ0n) is 16.9. The lowest BCUT2D eigenvalue weighted by atomic mass is 10.0. The van der Waals surface area contributed by atoms with Gasteiger partial charge in [0, 0.05) is 46.4 Å². The molecule has 7 heteroatoms. The number of benzene rings is 1. The van der Waals surface area contributed by atoms with Crippen LogP contribution in [0.25, 0.3) is 0 Å². The van der Waals surface area contributed by atoms with Crippen LogP contribution in [0, 0.1) is 0 Å². The zero-order chi connectivity index (χ0) is 19.3. The molecule has 0 saturated carbocycles. The van der Waals surface area contributed by atoms with E-state index in [4.69, 9.17) is 14.2 Å². The predicted molar refractivity (Wildman–Crippen MR) is 109 cm³/mol. The number of nitrogens with zero attached hydrogens (tertiary/aromatic N) is 2. The Morgan fingerprint density at radius 2 is 1.96 bits per heavy atom. The van der Waals surface area contributed by atoms with Gasteiger partial charge in [0.15, 0.2) is 5.96 Å². The average Bonchev–Trinajstić information content (AvgIpc) is 2.73. The number of nitrogens with one attached hydrogen (secondary N) is 2. The second kappa shape index (κ2) is 12.5. The van der Waals surface area contributed by atoms with Gasteiger partial charge in [-0.15, -0.1) is 0 Å². The quantitative estimate of drug-likeness (QED) is 0.367. The summed E-state index contributed by atoms with van der Waals surface area (Å²) in [6.07, 6.45) is 0.958. The smallest absolute Gasteiger partial charge is 0.191 e. The van der Waals surface area contributed by atoms with Crippen LogP contribution in [-0.2, 0) is 9.47 Å². The number of methoxy groups -OCH3 is 1. The van der Waals surface area contributed by atoms with E-state index in [1.54, 1.807) is 14.2 Å². The second-order valence-corrected chi connectivity index (χ2v) is 6.37. The average molecular weight is 379 g/mol. The van der Waals surface area contributed by atoms with Crippen LogP contribution in [0.1, 0.15) is 24.9 Å². The second-order valence-electron chi connectivity index (χ2n) is 6.37. The number of ether oxygens (including phenoxy) is 3. The first kappa shape index (κ1) is 21.5. The standard InChI is InChI=1S/C20H34N4O3/c1-4-26-13-5-10-22-20(21-2)23-16-19(24-11-14-27-15-12-24)17-6-8-18(25-3)9-7-17/h6-9,19H,4-5,10-16H2,1-3H3,(H2,21,22,23). The highest BCUT2D eigenvalue weighted by atomic mass is 16.5. The third kappa shape index (κ3) is 7.36. The van der Waals surface area contributed by atoms with Crippen molar-refractivity contribution in [3.8, 4) is 5.75 Å². The first-order chi connectivity index (χ1) is 13.3. The van der Waals surface area contributed by atoms with Crippen molar-refractivity contribution in [2.45, 2.75) is 19.4 Å². The lowest BCUT2D eigenvalue weighted by Crippen LogP contribution is -2.46. The fourth-order valence-corrected chi connectivity index (χ4v) is 3.11. The van der Waals surface area contributed by atoms with E-state index >= 15 is 0 Å². The van der Waals surface area contributed by atoms with E-state index in [9.17, 15) is 0 Å². The van der Waals surface area contributed by atoms with Gasteiger partial charge in [-0.25, -0.2) is 0 Å². The summed E-state index contributed by atoms with van der Waals surface area (Å²) in [4.78, 5) is 6.79. The molecule has 2 N–H and O–H groups in total. The van der Waals surface area contributed by atoms with Gasteiger partial charge in [-0.3, -0.25) is 9.89 Å². The van der Waals surface area contributed by atoms with Crippen LogP contribution in [0.4, 0.5) is 0 Å². The van der Waals surface area contributed by atoms with Crippen molar-refractivity contribution in [2.75, 3.05) is 66.8 Å². The first-order valence-corrected chi connectivity index (χ1v) is 9.76. The van der Waals surface area contributed by atoms with Crippen molar-refractivity contribution >= 4 is 5.96 Å². The van der Waals surface area contributed by atoms with Gasteiger partial charge in [0.2, 0.25) is 0 Å². The molecular formula is C20H34N4O3. The van der Waals surface area contributed by atoms with Crippen LogP contribution in [0.5, 0.6) is 5.75 Å². The van der Waals surface area contributed by atoms with Crippen LogP contribution in [0.3, 0.4) is 0 Å². The summed E-state index contributed by atoms with van der Waals surface area (Å²) in [6, 6.07) is 8.56. The lowest BCUT2D eigenvalue weighted by Gasteiger charge is -2.35. The molecule has 0 radical (unpaired) electrons. The molecule has 0 amide bonds. The summed E-state index contributed by atoms with van der Waals surface area (Å²) in [5.41, 5.74) is 1.26. The molecule has 1 aromatic carbocycles.